The van der Waals surface area contributed by atoms with Crippen LogP contribution < -0.4 is 10.0 Å². The van der Waals surface area contributed by atoms with Crippen LogP contribution in [0.2, 0.25) is 5.02 Å². The average Bonchev–Trinajstić information content (AvgIpc) is 2.43. The summed E-state index contributed by atoms with van der Waals surface area (Å²) in [6.45, 7) is 1.57. The molecule has 0 aliphatic heterocycles. The molecule has 2 aromatic rings. The van der Waals surface area contributed by atoms with E-state index in [-0.39, 0.29) is 5.75 Å². The van der Waals surface area contributed by atoms with Crippen LogP contribution in [-0.4, -0.2) is 19.2 Å². The number of nitrogens with zero attached hydrogens (tertiary/aromatic N) is 1. The summed E-state index contributed by atoms with van der Waals surface area (Å²) in [6.07, 6.45) is 1.45. The quantitative estimate of drug-likeness (QED) is 0.889. The van der Waals surface area contributed by atoms with Crippen LogP contribution >= 0.6 is 11.6 Å². The highest BCUT2D eigenvalue weighted by atomic mass is 35.5. The Balaban J connectivity index is 2.11. The minimum Gasteiger partial charge on any atom is -0.339 e. The smallest absolute Gasteiger partial charge is 0.232 e. The molecule has 20 heavy (non-hydrogen) atoms. The number of sulfonamides is 1. The van der Waals surface area contributed by atoms with Crippen LogP contribution in [0, 0.1) is 0 Å². The number of aromatic nitrogens is 1. The van der Waals surface area contributed by atoms with Crippen LogP contribution in [0.4, 0.5) is 17.2 Å². The van der Waals surface area contributed by atoms with Crippen LogP contribution in [0.25, 0.3) is 0 Å². The number of hydrogen-bond donors (Lipinski definition) is 2. The van der Waals surface area contributed by atoms with Gasteiger partial charge in [0.2, 0.25) is 10.0 Å². The van der Waals surface area contributed by atoms with Crippen molar-refractivity contribution in [3.05, 3.63) is 47.6 Å². The lowest BCUT2D eigenvalue weighted by Gasteiger charge is -2.09. The number of anilines is 3. The van der Waals surface area contributed by atoms with Crippen molar-refractivity contribution in [1.29, 1.82) is 0 Å². The van der Waals surface area contributed by atoms with E-state index in [0.717, 1.165) is 5.69 Å². The van der Waals surface area contributed by atoms with Gasteiger partial charge in [-0.15, -0.1) is 0 Å². The number of benzene rings is 1. The Morgan fingerprint density at radius 2 is 1.95 bits per heavy atom. The molecule has 0 saturated carbocycles. The number of hydrogen-bond acceptors (Lipinski definition) is 4. The van der Waals surface area contributed by atoms with Crippen molar-refractivity contribution in [3.8, 4) is 0 Å². The fourth-order valence-corrected chi connectivity index (χ4v) is 2.29. The second kappa shape index (κ2) is 6.11. The Kier molecular flexibility index (Phi) is 4.46. The highest BCUT2D eigenvalue weighted by Gasteiger charge is 2.07. The molecule has 1 aromatic carbocycles. The molecule has 0 spiro atoms. The summed E-state index contributed by atoms with van der Waals surface area (Å²) < 4.78 is 25.3. The van der Waals surface area contributed by atoms with Gasteiger partial charge < -0.3 is 5.32 Å². The van der Waals surface area contributed by atoms with Crippen molar-refractivity contribution >= 4 is 38.8 Å². The number of halogens is 1. The van der Waals surface area contributed by atoms with Gasteiger partial charge in [-0.05, 0) is 31.2 Å². The van der Waals surface area contributed by atoms with Gasteiger partial charge in [0, 0.05) is 0 Å². The van der Waals surface area contributed by atoms with Crippen LogP contribution in [0.15, 0.2) is 42.6 Å². The molecule has 0 fully saturated rings. The van der Waals surface area contributed by atoms with Gasteiger partial charge in [-0.1, -0.05) is 23.7 Å². The van der Waals surface area contributed by atoms with Gasteiger partial charge in [0.1, 0.15) is 5.82 Å². The summed E-state index contributed by atoms with van der Waals surface area (Å²) >= 11 is 6.03. The van der Waals surface area contributed by atoms with E-state index in [4.69, 9.17) is 11.6 Å². The highest BCUT2D eigenvalue weighted by Crippen LogP contribution is 2.24. The summed E-state index contributed by atoms with van der Waals surface area (Å²) in [7, 11) is -3.28. The Labute approximate surface area is 123 Å². The molecule has 7 heteroatoms. The lowest BCUT2D eigenvalue weighted by molar-refractivity contribution is 0.602. The summed E-state index contributed by atoms with van der Waals surface area (Å²) in [6, 6.07) is 10.6. The van der Waals surface area contributed by atoms with Crippen molar-refractivity contribution in [2.45, 2.75) is 6.92 Å². The van der Waals surface area contributed by atoms with Crippen LogP contribution in [0.1, 0.15) is 6.92 Å². The fourth-order valence-electron chi connectivity index (χ4n) is 1.48. The van der Waals surface area contributed by atoms with E-state index >= 15 is 0 Å². The zero-order valence-corrected chi connectivity index (χ0v) is 12.4. The summed E-state index contributed by atoms with van der Waals surface area (Å²) in [5.41, 5.74) is 1.17. The van der Waals surface area contributed by atoms with Gasteiger partial charge in [0.25, 0.3) is 0 Å². The lowest BCUT2D eigenvalue weighted by Crippen LogP contribution is -2.14. The molecule has 0 atom stereocenters. The molecular weight excluding hydrogens is 298 g/mol. The maximum absolute atomic E-state index is 11.4. The number of rotatable bonds is 5. The molecule has 0 unspecified atom stereocenters. The molecule has 0 saturated heterocycles. The molecule has 0 bridgehead atoms. The van der Waals surface area contributed by atoms with Crippen molar-refractivity contribution in [1.82, 2.24) is 4.98 Å². The Morgan fingerprint density at radius 1 is 1.20 bits per heavy atom. The van der Waals surface area contributed by atoms with Crippen LogP contribution in [0.3, 0.4) is 0 Å². The maximum Gasteiger partial charge on any atom is 0.232 e. The lowest BCUT2D eigenvalue weighted by atomic mass is 10.3. The number of pyridine rings is 1. The Bertz CT molecular complexity index is 687. The molecule has 106 valence electrons. The van der Waals surface area contributed by atoms with E-state index in [1.807, 2.05) is 18.2 Å². The van der Waals surface area contributed by atoms with E-state index in [0.29, 0.717) is 16.5 Å². The zero-order valence-electron chi connectivity index (χ0n) is 10.8. The van der Waals surface area contributed by atoms with E-state index in [2.05, 4.69) is 15.0 Å². The van der Waals surface area contributed by atoms with Gasteiger partial charge in [0.05, 0.1) is 28.3 Å². The van der Waals surface area contributed by atoms with Gasteiger partial charge in [-0.3, -0.25) is 4.72 Å². The molecule has 0 amide bonds. The summed E-state index contributed by atoms with van der Waals surface area (Å²) in [4.78, 5) is 4.14. The van der Waals surface area contributed by atoms with Crippen molar-refractivity contribution in [3.63, 3.8) is 0 Å². The van der Waals surface area contributed by atoms with Gasteiger partial charge >= 0.3 is 0 Å². The predicted molar refractivity (Wildman–Crippen MR) is 82.1 cm³/mol. The third kappa shape index (κ3) is 3.85. The van der Waals surface area contributed by atoms with E-state index in [1.54, 1.807) is 25.1 Å². The molecular formula is C13H14ClN3O2S. The topological polar surface area (TPSA) is 71.1 Å². The molecule has 2 rings (SSSR count). The number of nitrogens with one attached hydrogen (secondary N) is 2. The normalized spacial score (nSPS) is 11.1. The summed E-state index contributed by atoms with van der Waals surface area (Å²) in [5.74, 6) is 0.602. The SMILES string of the molecule is CCS(=O)(=O)Nc1ccc(Nc2ccccc2Cl)nc1. The first-order chi connectivity index (χ1) is 9.50. The maximum atomic E-state index is 11.4. The average molecular weight is 312 g/mol. The third-order valence-electron chi connectivity index (χ3n) is 2.55. The third-order valence-corrected chi connectivity index (χ3v) is 4.19. The van der Waals surface area contributed by atoms with Gasteiger partial charge in [-0.25, -0.2) is 13.4 Å². The standard InChI is InChI=1S/C13H14ClN3O2S/c1-2-20(18,19)17-10-7-8-13(15-9-10)16-12-6-4-3-5-11(12)14/h3-9,17H,2H2,1H3,(H,15,16). The minimum absolute atomic E-state index is 0.0205. The first-order valence-corrected chi connectivity index (χ1v) is 8.01. The fraction of sp³-hybridized carbons (Fsp3) is 0.154. The van der Waals surface area contributed by atoms with E-state index < -0.39 is 10.0 Å². The van der Waals surface area contributed by atoms with Crippen LogP contribution in [0.5, 0.6) is 0 Å². The van der Waals surface area contributed by atoms with Crippen molar-refractivity contribution in [2.24, 2.45) is 0 Å². The second-order valence-electron chi connectivity index (χ2n) is 4.04. The van der Waals surface area contributed by atoms with E-state index in [1.165, 1.54) is 6.20 Å². The van der Waals surface area contributed by atoms with Crippen LogP contribution in [-0.2, 0) is 10.0 Å². The minimum atomic E-state index is -3.28. The molecule has 0 aliphatic carbocycles. The molecule has 1 aromatic heterocycles. The molecule has 0 aliphatic rings. The second-order valence-corrected chi connectivity index (χ2v) is 6.46. The number of para-hydroxylation sites is 1. The zero-order chi connectivity index (χ0) is 14.6. The Morgan fingerprint density at radius 3 is 2.55 bits per heavy atom. The predicted octanol–water partition coefficient (Wildman–Crippen LogP) is 3.24. The molecule has 1 heterocycles. The molecule has 0 radical (unpaired) electrons. The van der Waals surface area contributed by atoms with E-state index in [9.17, 15) is 8.42 Å². The summed E-state index contributed by atoms with van der Waals surface area (Å²) in [5, 5.41) is 3.64. The molecule has 2 N–H and O–H groups in total. The molecule has 5 nitrogen and oxygen atoms in total. The largest absolute Gasteiger partial charge is 0.339 e. The monoisotopic (exact) mass is 311 g/mol. The van der Waals surface area contributed by atoms with Crippen molar-refractivity contribution < 1.29 is 8.42 Å². The highest BCUT2D eigenvalue weighted by molar-refractivity contribution is 7.92. The van der Waals surface area contributed by atoms with Gasteiger partial charge in [-0.2, -0.15) is 0 Å². The van der Waals surface area contributed by atoms with Crippen molar-refractivity contribution in [2.75, 3.05) is 15.8 Å². The Hall–Kier alpha value is -1.79. The first-order valence-electron chi connectivity index (χ1n) is 5.98. The van der Waals surface area contributed by atoms with Gasteiger partial charge in [0.15, 0.2) is 0 Å². The first kappa shape index (κ1) is 14.6.